The van der Waals surface area contributed by atoms with Crippen molar-refractivity contribution in [3.63, 3.8) is 0 Å². The Balaban J connectivity index is 1.82. The molecule has 8 heteroatoms. The molecule has 0 aromatic carbocycles. The molecule has 0 aliphatic carbocycles. The Morgan fingerprint density at radius 2 is 2.29 bits per heavy atom. The van der Waals surface area contributed by atoms with Crippen molar-refractivity contribution in [2.75, 3.05) is 0 Å². The van der Waals surface area contributed by atoms with Gasteiger partial charge in [-0.25, -0.2) is 13.4 Å². The molecule has 0 bridgehead atoms. The predicted octanol–water partition coefficient (Wildman–Crippen LogP) is 2.66. The van der Waals surface area contributed by atoms with Crippen molar-refractivity contribution in [3.8, 4) is 10.6 Å². The lowest BCUT2D eigenvalue weighted by atomic mass is 10.3. The molecule has 0 unspecified atom stereocenters. The number of aromatic amines is 1. The van der Waals surface area contributed by atoms with Crippen LogP contribution >= 0.6 is 11.3 Å². The number of hydrogen-bond donors (Lipinski definition) is 1. The highest BCUT2D eigenvalue weighted by atomic mass is 32.2. The van der Waals surface area contributed by atoms with E-state index in [1.807, 2.05) is 24.4 Å². The number of thiophene rings is 1. The third kappa shape index (κ3) is 2.91. The highest BCUT2D eigenvalue weighted by Crippen LogP contribution is 2.26. The van der Waals surface area contributed by atoms with Gasteiger partial charge in [0.15, 0.2) is 5.76 Å². The van der Waals surface area contributed by atoms with Crippen molar-refractivity contribution in [1.29, 1.82) is 0 Å². The van der Waals surface area contributed by atoms with E-state index in [0.717, 1.165) is 10.6 Å². The van der Waals surface area contributed by atoms with Gasteiger partial charge in [0.2, 0.25) is 15.0 Å². The summed E-state index contributed by atoms with van der Waals surface area (Å²) in [6, 6.07) is 5.44. The fourth-order valence-corrected chi connectivity index (χ4v) is 3.69. The molecular weight excluding hydrogens is 310 g/mol. The van der Waals surface area contributed by atoms with Gasteiger partial charge in [-0.1, -0.05) is 18.1 Å². The number of nitrogens with one attached hydrogen (secondary N) is 1. The largest absolute Gasteiger partial charge is 0.355 e. The van der Waals surface area contributed by atoms with Gasteiger partial charge in [0.05, 0.1) is 10.6 Å². The minimum Gasteiger partial charge on any atom is -0.355 e. The summed E-state index contributed by atoms with van der Waals surface area (Å²) in [5, 5.41) is 5.71. The third-order valence-corrected chi connectivity index (χ3v) is 5.30. The lowest BCUT2D eigenvalue weighted by Gasteiger charge is -1.97. The zero-order valence-electron chi connectivity index (χ0n) is 11.2. The molecule has 6 nitrogen and oxygen atoms in total. The van der Waals surface area contributed by atoms with Crippen LogP contribution < -0.4 is 0 Å². The molecule has 0 spiro atoms. The summed E-state index contributed by atoms with van der Waals surface area (Å²) < 4.78 is 29.7. The van der Waals surface area contributed by atoms with E-state index in [9.17, 15) is 8.42 Å². The maximum atomic E-state index is 12.3. The van der Waals surface area contributed by atoms with Gasteiger partial charge >= 0.3 is 0 Å². The highest BCUT2D eigenvalue weighted by Gasteiger charge is 2.21. The minimum absolute atomic E-state index is 0.0278. The number of imidazole rings is 1. The molecule has 21 heavy (non-hydrogen) atoms. The Kier molecular flexibility index (Phi) is 3.64. The Morgan fingerprint density at radius 3 is 2.95 bits per heavy atom. The molecule has 0 saturated carbocycles. The number of aromatic nitrogens is 3. The predicted molar refractivity (Wildman–Crippen MR) is 78.7 cm³/mol. The van der Waals surface area contributed by atoms with E-state index >= 15 is 0 Å². The van der Waals surface area contributed by atoms with Crippen LogP contribution in [0.3, 0.4) is 0 Å². The van der Waals surface area contributed by atoms with E-state index in [-0.39, 0.29) is 10.9 Å². The van der Waals surface area contributed by atoms with Crippen LogP contribution in [0.2, 0.25) is 0 Å². The van der Waals surface area contributed by atoms with E-state index < -0.39 is 9.84 Å². The molecule has 3 rings (SSSR count). The monoisotopic (exact) mass is 323 g/mol. The van der Waals surface area contributed by atoms with Crippen LogP contribution in [0.15, 0.2) is 39.5 Å². The summed E-state index contributed by atoms with van der Waals surface area (Å²) in [6.07, 6.45) is 2.24. The molecule has 0 atom stereocenters. The lowest BCUT2D eigenvalue weighted by Crippen LogP contribution is -2.07. The number of rotatable bonds is 5. The second-order valence-electron chi connectivity index (χ2n) is 4.49. The first-order valence-electron chi connectivity index (χ1n) is 6.34. The van der Waals surface area contributed by atoms with Crippen LogP contribution in [0.5, 0.6) is 0 Å². The van der Waals surface area contributed by atoms with Crippen LogP contribution in [0.4, 0.5) is 0 Å². The van der Waals surface area contributed by atoms with Crippen LogP contribution in [0.1, 0.15) is 18.3 Å². The second-order valence-corrected chi connectivity index (χ2v) is 7.34. The Morgan fingerprint density at radius 1 is 1.43 bits per heavy atom. The first kappa shape index (κ1) is 14.0. The summed E-state index contributed by atoms with van der Waals surface area (Å²) in [5.41, 5.74) is 1.15. The average Bonchev–Trinajstić information content (AvgIpc) is 3.19. The number of H-pyrrole nitrogens is 1. The molecule has 3 heterocycles. The van der Waals surface area contributed by atoms with Crippen molar-refractivity contribution in [2.24, 2.45) is 0 Å². The topological polar surface area (TPSA) is 88.8 Å². The van der Waals surface area contributed by atoms with Crippen molar-refractivity contribution in [3.05, 3.63) is 41.2 Å². The quantitative estimate of drug-likeness (QED) is 0.779. The molecular formula is C13H13N3O3S2. The fraction of sp³-hybridized carbons (Fsp3) is 0.231. The van der Waals surface area contributed by atoms with Crippen LogP contribution in [0.25, 0.3) is 10.6 Å². The molecule has 0 saturated heterocycles. The molecule has 0 aliphatic heterocycles. The van der Waals surface area contributed by atoms with Crippen LogP contribution in [-0.4, -0.2) is 23.5 Å². The smallest absolute Gasteiger partial charge is 0.225 e. The molecule has 0 amide bonds. The molecule has 0 fully saturated rings. The van der Waals surface area contributed by atoms with Crippen molar-refractivity contribution in [1.82, 2.24) is 15.1 Å². The summed E-state index contributed by atoms with van der Waals surface area (Å²) in [6.45, 7) is 1.93. The van der Waals surface area contributed by atoms with Gasteiger partial charge in [-0.15, -0.1) is 11.3 Å². The van der Waals surface area contributed by atoms with Gasteiger partial charge in [-0.05, 0) is 17.9 Å². The van der Waals surface area contributed by atoms with Gasteiger partial charge in [-0.2, -0.15) is 0 Å². The summed E-state index contributed by atoms with van der Waals surface area (Å²) >= 11 is 1.51. The maximum absolute atomic E-state index is 12.3. The SMILES string of the molecule is CCc1cnc(S(=O)(=O)Cc2cc(-c3cccs3)on2)[nH]1. The molecule has 1 N–H and O–H groups in total. The van der Waals surface area contributed by atoms with Crippen molar-refractivity contribution >= 4 is 21.2 Å². The normalized spacial score (nSPS) is 11.9. The standard InChI is InChI=1S/C13H13N3O3S2/c1-2-9-7-14-13(15-9)21(17,18)8-10-6-11(19-16-10)12-4-3-5-20-12/h3-7H,2,8H2,1H3,(H,14,15). The summed E-state index contributed by atoms with van der Waals surface area (Å²) in [7, 11) is -3.54. The summed E-state index contributed by atoms with van der Waals surface area (Å²) in [4.78, 5) is 7.63. The molecule has 3 aromatic rings. The second kappa shape index (κ2) is 5.45. The maximum Gasteiger partial charge on any atom is 0.225 e. The molecule has 0 aliphatic rings. The van der Waals surface area contributed by atoms with E-state index in [1.165, 1.54) is 17.5 Å². The Bertz CT molecular complexity index is 832. The van der Waals surface area contributed by atoms with Gasteiger partial charge in [0.25, 0.3) is 0 Å². The molecule has 3 aromatic heterocycles. The van der Waals surface area contributed by atoms with Gasteiger partial charge in [0, 0.05) is 18.0 Å². The number of nitrogens with zero attached hydrogens (tertiary/aromatic N) is 2. The summed E-state index contributed by atoms with van der Waals surface area (Å²) in [5.74, 6) is 0.335. The number of hydrogen-bond acceptors (Lipinski definition) is 6. The van der Waals surface area contributed by atoms with Gasteiger partial charge < -0.3 is 9.51 Å². The van der Waals surface area contributed by atoms with Crippen molar-refractivity contribution < 1.29 is 12.9 Å². The minimum atomic E-state index is -3.54. The molecule has 0 radical (unpaired) electrons. The third-order valence-electron chi connectivity index (χ3n) is 2.94. The fourth-order valence-electron chi connectivity index (χ4n) is 1.85. The van der Waals surface area contributed by atoms with Crippen LogP contribution in [-0.2, 0) is 22.0 Å². The average molecular weight is 323 g/mol. The Labute approximate surface area is 125 Å². The Hall–Kier alpha value is -1.93. The van der Waals surface area contributed by atoms with Crippen LogP contribution in [0, 0.1) is 0 Å². The lowest BCUT2D eigenvalue weighted by molar-refractivity contribution is 0.426. The van der Waals surface area contributed by atoms with E-state index in [1.54, 1.807) is 6.07 Å². The van der Waals surface area contributed by atoms with E-state index in [4.69, 9.17) is 4.52 Å². The zero-order valence-corrected chi connectivity index (χ0v) is 12.9. The van der Waals surface area contributed by atoms with E-state index in [2.05, 4.69) is 15.1 Å². The number of sulfone groups is 1. The van der Waals surface area contributed by atoms with Gasteiger partial charge in [0.1, 0.15) is 5.75 Å². The number of aryl methyl sites for hydroxylation is 1. The van der Waals surface area contributed by atoms with E-state index in [0.29, 0.717) is 17.9 Å². The van der Waals surface area contributed by atoms with Gasteiger partial charge in [-0.3, -0.25) is 0 Å². The van der Waals surface area contributed by atoms with Crippen molar-refractivity contribution in [2.45, 2.75) is 24.3 Å². The first-order chi connectivity index (χ1) is 10.1. The highest BCUT2D eigenvalue weighted by molar-refractivity contribution is 7.90. The first-order valence-corrected chi connectivity index (χ1v) is 8.88. The molecule has 110 valence electrons. The zero-order chi connectivity index (χ0) is 14.9.